The smallest absolute Gasteiger partial charge is 0.233 e. The van der Waals surface area contributed by atoms with Gasteiger partial charge < -0.3 is 10.0 Å². The van der Waals surface area contributed by atoms with Gasteiger partial charge in [-0.3, -0.25) is 9.78 Å². The van der Waals surface area contributed by atoms with E-state index in [1.54, 1.807) is 18.0 Å². The number of aromatic nitrogens is 1. The topological polar surface area (TPSA) is 53.4 Å². The lowest BCUT2D eigenvalue weighted by atomic mass is 9.84. The predicted molar refractivity (Wildman–Crippen MR) is 79.2 cm³/mol. The first-order chi connectivity index (χ1) is 9.68. The second-order valence-corrected chi connectivity index (χ2v) is 6.79. The van der Waals surface area contributed by atoms with Crippen molar-refractivity contribution in [2.45, 2.75) is 43.1 Å². The Labute approximate surface area is 123 Å². The molecule has 1 unspecified atom stereocenters. The van der Waals surface area contributed by atoms with Crippen molar-refractivity contribution in [2.75, 3.05) is 12.3 Å². The Morgan fingerprint density at radius 3 is 2.85 bits per heavy atom. The lowest BCUT2D eigenvalue weighted by Crippen LogP contribution is -2.45. The second kappa shape index (κ2) is 5.74. The molecule has 0 radical (unpaired) electrons. The number of rotatable bonds is 3. The van der Waals surface area contributed by atoms with Gasteiger partial charge in [-0.1, -0.05) is 25.3 Å². The molecule has 5 heteroatoms. The van der Waals surface area contributed by atoms with Gasteiger partial charge in [0.1, 0.15) is 5.37 Å². The van der Waals surface area contributed by atoms with Gasteiger partial charge in [0, 0.05) is 6.20 Å². The van der Waals surface area contributed by atoms with E-state index >= 15 is 0 Å². The van der Waals surface area contributed by atoms with Crippen LogP contribution in [0.25, 0.3) is 0 Å². The Kier molecular flexibility index (Phi) is 3.98. The Morgan fingerprint density at radius 1 is 1.35 bits per heavy atom. The number of hydrogen-bond donors (Lipinski definition) is 1. The van der Waals surface area contributed by atoms with Crippen molar-refractivity contribution in [3.63, 3.8) is 0 Å². The average Bonchev–Trinajstić information content (AvgIpc) is 2.81. The van der Waals surface area contributed by atoms with Gasteiger partial charge in [0.15, 0.2) is 0 Å². The van der Waals surface area contributed by atoms with E-state index in [2.05, 4.69) is 4.98 Å². The highest BCUT2D eigenvalue weighted by molar-refractivity contribution is 8.00. The van der Waals surface area contributed by atoms with Crippen LogP contribution in [0, 0.1) is 0 Å². The van der Waals surface area contributed by atoms with Gasteiger partial charge in [-0.2, -0.15) is 0 Å². The maximum Gasteiger partial charge on any atom is 0.233 e. The van der Waals surface area contributed by atoms with Crippen LogP contribution in [0.5, 0.6) is 0 Å². The van der Waals surface area contributed by atoms with Crippen LogP contribution in [-0.2, 0) is 4.79 Å². The van der Waals surface area contributed by atoms with Crippen molar-refractivity contribution in [3.8, 4) is 0 Å². The van der Waals surface area contributed by atoms with E-state index in [0.717, 1.165) is 31.4 Å². The second-order valence-electron chi connectivity index (χ2n) is 5.72. The molecule has 108 valence electrons. The summed E-state index contributed by atoms with van der Waals surface area (Å²) in [6, 6.07) is 5.78. The number of thioether (sulfide) groups is 1. The number of carbonyl (C=O) groups is 1. The highest BCUT2D eigenvalue weighted by Crippen LogP contribution is 2.40. The van der Waals surface area contributed by atoms with Crippen molar-refractivity contribution in [2.24, 2.45) is 0 Å². The molecule has 20 heavy (non-hydrogen) atoms. The fourth-order valence-corrected chi connectivity index (χ4v) is 4.23. The fraction of sp³-hybridized carbons (Fsp3) is 0.600. The third kappa shape index (κ3) is 2.83. The molecule has 1 saturated carbocycles. The molecule has 0 spiro atoms. The Balaban J connectivity index is 1.77. The minimum absolute atomic E-state index is 0.0466. The molecular formula is C15H20N2O2S. The van der Waals surface area contributed by atoms with Gasteiger partial charge in [-0.05, 0) is 25.0 Å². The van der Waals surface area contributed by atoms with Gasteiger partial charge in [0.2, 0.25) is 5.91 Å². The van der Waals surface area contributed by atoms with Crippen LogP contribution in [0.4, 0.5) is 0 Å². The molecule has 4 nitrogen and oxygen atoms in total. The summed E-state index contributed by atoms with van der Waals surface area (Å²) in [4.78, 5) is 18.3. The first kappa shape index (κ1) is 13.9. The molecule has 1 atom stereocenters. The van der Waals surface area contributed by atoms with E-state index in [1.165, 1.54) is 6.42 Å². The Bertz CT molecular complexity index is 474. The zero-order valence-electron chi connectivity index (χ0n) is 11.5. The molecule has 1 aliphatic carbocycles. The Hall–Kier alpha value is -1.07. The number of β-amino-alcohol motifs (C(OH)–C–C–N with tert-alkyl or cyclic N) is 1. The summed E-state index contributed by atoms with van der Waals surface area (Å²) in [6.45, 7) is 0.445. The van der Waals surface area contributed by atoms with Crippen molar-refractivity contribution < 1.29 is 9.90 Å². The summed E-state index contributed by atoms with van der Waals surface area (Å²) >= 11 is 1.60. The summed E-state index contributed by atoms with van der Waals surface area (Å²) in [7, 11) is 0. The van der Waals surface area contributed by atoms with E-state index < -0.39 is 5.60 Å². The molecular weight excluding hydrogens is 272 g/mol. The van der Waals surface area contributed by atoms with Crippen LogP contribution in [0.3, 0.4) is 0 Å². The fourth-order valence-electron chi connectivity index (χ4n) is 3.08. The molecule has 1 aliphatic heterocycles. The zero-order valence-corrected chi connectivity index (χ0v) is 12.3. The van der Waals surface area contributed by atoms with Crippen molar-refractivity contribution >= 4 is 17.7 Å². The summed E-state index contributed by atoms with van der Waals surface area (Å²) in [6.07, 6.45) is 6.66. The highest BCUT2D eigenvalue weighted by Gasteiger charge is 2.40. The lowest BCUT2D eigenvalue weighted by Gasteiger charge is -2.37. The van der Waals surface area contributed by atoms with E-state index in [-0.39, 0.29) is 11.3 Å². The van der Waals surface area contributed by atoms with Crippen LogP contribution in [0.2, 0.25) is 0 Å². The van der Waals surface area contributed by atoms with E-state index in [9.17, 15) is 9.90 Å². The van der Waals surface area contributed by atoms with Crippen LogP contribution in [0.1, 0.15) is 43.2 Å². The average molecular weight is 292 g/mol. The van der Waals surface area contributed by atoms with Gasteiger partial charge >= 0.3 is 0 Å². The third-order valence-electron chi connectivity index (χ3n) is 4.16. The van der Waals surface area contributed by atoms with Gasteiger partial charge in [-0.15, -0.1) is 11.8 Å². The number of carbonyl (C=O) groups excluding carboxylic acids is 1. The molecule has 1 aromatic heterocycles. The number of nitrogens with zero attached hydrogens (tertiary/aromatic N) is 2. The van der Waals surface area contributed by atoms with Crippen molar-refractivity contribution in [1.82, 2.24) is 9.88 Å². The van der Waals surface area contributed by atoms with Gasteiger partial charge in [-0.25, -0.2) is 0 Å². The molecule has 2 fully saturated rings. The molecule has 0 aromatic carbocycles. The molecule has 1 N–H and O–H groups in total. The SMILES string of the molecule is O=C1CSC(c2ccccn2)N1CC1(O)CCCCC1. The standard InChI is InChI=1S/C15H20N2O2S/c18-13-10-20-14(12-6-2-5-9-16-12)17(13)11-15(19)7-3-1-4-8-15/h2,5-6,9,14,19H,1,3-4,7-8,10-11H2. The molecule has 2 heterocycles. The number of pyridine rings is 1. The molecule has 0 bridgehead atoms. The maximum atomic E-state index is 12.1. The van der Waals surface area contributed by atoms with E-state index in [0.29, 0.717) is 12.3 Å². The quantitative estimate of drug-likeness (QED) is 0.929. The first-order valence-corrected chi connectivity index (χ1v) is 8.27. The normalized spacial score (nSPS) is 25.9. The Morgan fingerprint density at radius 2 is 2.15 bits per heavy atom. The number of aliphatic hydroxyl groups is 1. The van der Waals surface area contributed by atoms with Crippen LogP contribution in [-0.4, -0.2) is 38.8 Å². The lowest BCUT2D eigenvalue weighted by molar-refractivity contribution is -0.133. The molecule has 2 aliphatic rings. The first-order valence-electron chi connectivity index (χ1n) is 7.22. The minimum Gasteiger partial charge on any atom is -0.388 e. The maximum absolute atomic E-state index is 12.1. The number of amides is 1. The highest BCUT2D eigenvalue weighted by atomic mass is 32.2. The number of hydrogen-bond acceptors (Lipinski definition) is 4. The zero-order chi connectivity index (χ0) is 14.0. The molecule has 3 rings (SSSR count). The minimum atomic E-state index is -0.703. The van der Waals surface area contributed by atoms with E-state index in [1.807, 2.05) is 23.1 Å². The molecule has 1 amide bonds. The van der Waals surface area contributed by atoms with E-state index in [4.69, 9.17) is 0 Å². The summed E-state index contributed by atoms with van der Waals surface area (Å²) < 4.78 is 0. The summed E-state index contributed by atoms with van der Waals surface area (Å²) in [5.74, 6) is 0.599. The van der Waals surface area contributed by atoms with Crippen molar-refractivity contribution in [1.29, 1.82) is 0 Å². The van der Waals surface area contributed by atoms with Crippen LogP contribution < -0.4 is 0 Å². The molecule has 1 saturated heterocycles. The third-order valence-corrected chi connectivity index (χ3v) is 5.38. The van der Waals surface area contributed by atoms with Crippen molar-refractivity contribution in [3.05, 3.63) is 30.1 Å². The van der Waals surface area contributed by atoms with Crippen LogP contribution >= 0.6 is 11.8 Å². The summed E-state index contributed by atoms with van der Waals surface area (Å²) in [5.41, 5.74) is 0.203. The molecule has 1 aromatic rings. The van der Waals surface area contributed by atoms with Gasteiger partial charge in [0.25, 0.3) is 0 Å². The predicted octanol–water partition coefficient (Wildman–Crippen LogP) is 2.35. The largest absolute Gasteiger partial charge is 0.388 e. The summed E-state index contributed by atoms with van der Waals surface area (Å²) in [5, 5.41) is 10.6. The monoisotopic (exact) mass is 292 g/mol. The van der Waals surface area contributed by atoms with Gasteiger partial charge in [0.05, 0.1) is 23.6 Å². The van der Waals surface area contributed by atoms with Crippen LogP contribution in [0.15, 0.2) is 24.4 Å².